The number of nitrogens with zero attached hydrogens (tertiary/aromatic N) is 1. The number of benzene rings is 1. The molecule has 1 unspecified atom stereocenters. The fraction of sp³-hybridized carbons (Fsp3) is 0.357. The van der Waals surface area contributed by atoms with Crippen LogP contribution in [0.15, 0.2) is 36.8 Å². The van der Waals surface area contributed by atoms with Gasteiger partial charge in [-0.3, -0.25) is 0 Å². The zero-order valence-electron chi connectivity index (χ0n) is 9.53. The number of aryl methyl sites for hydroxylation is 1. The summed E-state index contributed by atoms with van der Waals surface area (Å²) >= 11 is 0. The average Bonchev–Trinajstić information content (AvgIpc) is 2.89. The molecule has 0 saturated heterocycles. The number of aromatic amines is 1. The highest BCUT2D eigenvalue weighted by Crippen LogP contribution is 2.40. The van der Waals surface area contributed by atoms with Gasteiger partial charge in [0.15, 0.2) is 0 Å². The van der Waals surface area contributed by atoms with Crippen molar-refractivity contribution in [3.63, 3.8) is 0 Å². The fourth-order valence-electron chi connectivity index (χ4n) is 2.86. The van der Waals surface area contributed by atoms with Crippen LogP contribution in [0.25, 0.3) is 0 Å². The molecule has 1 aliphatic rings. The maximum atomic E-state index is 4.10. The molecular weight excluding hydrogens is 196 g/mol. The SMILES string of the molecule is CC1(Cc2cnc[nH]2)CCc2ccccc21. The number of aromatic nitrogens is 2. The van der Waals surface area contributed by atoms with E-state index in [-0.39, 0.29) is 5.41 Å². The van der Waals surface area contributed by atoms with Crippen molar-refractivity contribution in [3.8, 4) is 0 Å². The third-order valence-electron chi connectivity index (χ3n) is 3.75. The molecule has 0 aliphatic heterocycles. The molecule has 0 amide bonds. The minimum absolute atomic E-state index is 0.281. The van der Waals surface area contributed by atoms with E-state index in [2.05, 4.69) is 41.2 Å². The lowest BCUT2D eigenvalue weighted by Gasteiger charge is -2.24. The molecule has 2 aromatic rings. The zero-order valence-corrected chi connectivity index (χ0v) is 9.53. The summed E-state index contributed by atoms with van der Waals surface area (Å²) in [6, 6.07) is 8.82. The first-order chi connectivity index (χ1) is 7.78. The van der Waals surface area contributed by atoms with Crippen LogP contribution in [0.3, 0.4) is 0 Å². The number of H-pyrrole nitrogens is 1. The Morgan fingerprint density at radius 1 is 1.38 bits per heavy atom. The van der Waals surface area contributed by atoms with E-state index in [0.717, 1.165) is 6.42 Å². The van der Waals surface area contributed by atoms with E-state index in [1.54, 1.807) is 6.33 Å². The molecule has 0 fully saturated rings. The van der Waals surface area contributed by atoms with Gasteiger partial charge in [0.1, 0.15) is 0 Å². The average molecular weight is 212 g/mol. The molecular formula is C14H16N2. The van der Waals surface area contributed by atoms with E-state index in [9.17, 15) is 0 Å². The third-order valence-corrected chi connectivity index (χ3v) is 3.75. The first kappa shape index (κ1) is 9.64. The van der Waals surface area contributed by atoms with Crippen LogP contribution < -0.4 is 0 Å². The molecule has 0 saturated carbocycles. The van der Waals surface area contributed by atoms with Crippen molar-refractivity contribution in [2.45, 2.75) is 31.6 Å². The second kappa shape index (κ2) is 3.48. The van der Waals surface area contributed by atoms with Gasteiger partial charge in [0.25, 0.3) is 0 Å². The van der Waals surface area contributed by atoms with E-state index >= 15 is 0 Å². The van der Waals surface area contributed by atoms with E-state index in [0.29, 0.717) is 0 Å². The van der Waals surface area contributed by atoms with Gasteiger partial charge >= 0.3 is 0 Å². The Labute approximate surface area is 95.7 Å². The van der Waals surface area contributed by atoms with Crippen molar-refractivity contribution in [3.05, 3.63) is 53.6 Å². The number of hydrogen-bond donors (Lipinski definition) is 1. The normalized spacial score (nSPS) is 23.3. The summed E-state index contributed by atoms with van der Waals surface area (Å²) < 4.78 is 0. The van der Waals surface area contributed by atoms with Crippen molar-refractivity contribution in [2.75, 3.05) is 0 Å². The fourth-order valence-corrected chi connectivity index (χ4v) is 2.86. The molecule has 82 valence electrons. The Hall–Kier alpha value is -1.57. The second-order valence-electron chi connectivity index (χ2n) is 4.97. The predicted octanol–water partition coefficient (Wildman–Crippen LogP) is 2.86. The summed E-state index contributed by atoms with van der Waals surface area (Å²) in [5, 5.41) is 0. The van der Waals surface area contributed by atoms with Gasteiger partial charge in [0.2, 0.25) is 0 Å². The third kappa shape index (κ3) is 1.45. The molecule has 3 rings (SSSR count). The van der Waals surface area contributed by atoms with Crippen molar-refractivity contribution in [1.29, 1.82) is 0 Å². The van der Waals surface area contributed by atoms with Crippen LogP contribution in [0.4, 0.5) is 0 Å². The summed E-state index contributed by atoms with van der Waals surface area (Å²) in [7, 11) is 0. The molecule has 1 N–H and O–H groups in total. The van der Waals surface area contributed by atoms with E-state index in [1.807, 2.05) is 6.20 Å². The molecule has 2 heteroatoms. The van der Waals surface area contributed by atoms with Crippen LogP contribution in [-0.4, -0.2) is 9.97 Å². The molecule has 1 aromatic carbocycles. The lowest BCUT2D eigenvalue weighted by Crippen LogP contribution is -2.21. The largest absolute Gasteiger partial charge is 0.348 e. The van der Waals surface area contributed by atoms with Gasteiger partial charge in [-0.1, -0.05) is 31.2 Å². The van der Waals surface area contributed by atoms with Crippen molar-refractivity contribution < 1.29 is 0 Å². The molecule has 0 bridgehead atoms. The van der Waals surface area contributed by atoms with Crippen molar-refractivity contribution in [1.82, 2.24) is 9.97 Å². The zero-order chi connectivity index (χ0) is 11.0. The van der Waals surface area contributed by atoms with E-state index in [4.69, 9.17) is 0 Å². The predicted molar refractivity (Wildman–Crippen MR) is 64.4 cm³/mol. The molecule has 1 aliphatic carbocycles. The maximum Gasteiger partial charge on any atom is 0.0921 e. The molecule has 1 heterocycles. The monoisotopic (exact) mass is 212 g/mol. The number of fused-ring (bicyclic) bond motifs is 1. The number of hydrogen-bond acceptors (Lipinski definition) is 1. The van der Waals surface area contributed by atoms with Crippen molar-refractivity contribution >= 4 is 0 Å². The Kier molecular flexibility index (Phi) is 2.10. The highest BCUT2D eigenvalue weighted by Gasteiger charge is 2.34. The van der Waals surface area contributed by atoms with Gasteiger partial charge in [-0.2, -0.15) is 0 Å². The van der Waals surface area contributed by atoms with Gasteiger partial charge in [0.05, 0.1) is 6.33 Å². The van der Waals surface area contributed by atoms with Crippen molar-refractivity contribution in [2.24, 2.45) is 0 Å². The first-order valence-corrected chi connectivity index (χ1v) is 5.84. The minimum Gasteiger partial charge on any atom is -0.348 e. The highest BCUT2D eigenvalue weighted by atomic mass is 14.9. The summed E-state index contributed by atoms with van der Waals surface area (Å²) in [5.74, 6) is 0. The summed E-state index contributed by atoms with van der Waals surface area (Å²) in [6.07, 6.45) is 7.21. The lowest BCUT2D eigenvalue weighted by atomic mass is 9.80. The highest BCUT2D eigenvalue weighted by molar-refractivity contribution is 5.39. The van der Waals surface area contributed by atoms with Gasteiger partial charge in [0, 0.05) is 11.9 Å². The van der Waals surface area contributed by atoms with Crippen LogP contribution in [0.2, 0.25) is 0 Å². The number of nitrogens with one attached hydrogen (secondary N) is 1. The molecule has 0 radical (unpaired) electrons. The summed E-state index contributed by atoms with van der Waals surface area (Å²) in [4.78, 5) is 7.30. The quantitative estimate of drug-likeness (QED) is 0.814. The van der Waals surface area contributed by atoms with Crippen LogP contribution in [0, 0.1) is 0 Å². The topological polar surface area (TPSA) is 28.7 Å². The smallest absolute Gasteiger partial charge is 0.0921 e. The molecule has 2 nitrogen and oxygen atoms in total. The van der Waals surface area contributed by atoms with Crippen LogP contribution in [-0.2, 0) is 18.3 Å². The van der Waals surface area contributed by atoms with Crippen LogP contribution in [0.1, 0.15) is 30.2 Å². The Morgan fingerprint density at radius 2 is 2.25 bits per heavy atom. The summed E-state index contributed by atoms with van der Waals surface area (Å²) in [6.45, 7) is 2.36. The molecule has 0 spiro atoms. The number of imidazole rings is 1. The molecule has 16 heavy (non-hydrogen) atoms. The first-order valence-electron chi connectivity index (χ1n) is 5.84. The van der Waals surface area contributed by atoms with Gasteiger partial charge in [-0.25, -0.2) is 4.98 Å². The second-order valence-corrected chi connectivity index (χ2v) is 4.97. The summed E-state index contributed by atoms with van der Waals surface area (Å²) in [5.41, 5.74) is 4.55. The molecule has 1 aromatic heterocycles. The van der Waals surface area contributed by atoms with E-state index in [1.165, 1.54) is 29.7 Å². The molecule has 1 atom stereocenters. The Morgan fingerprint density at radius 3 is 3.06 bits per heavy atom. The van der Waals surface area contributed by atoms with Crippen LogP contribution >= 0.6 is 0 Å². The lowest BCUT2D eigenvalue weighted by molar-refractivity contribution is 0.462. The maximum absolute atomic E-state index is 4.10. The standard InChI is InChI=1S/C14H16N2/c1-14(8-12-9-15-10-16-12)7-6-11-4-2-3-5-13(11)14/h2-5,9-10H,6-8H2,1H3,(H,15,16). The number of rotatable bonds is 2. The van der Waals surface area contributed by atoms with Gasteiger partial charge in [-0.15, -0.1) is 0 Å². The minimum atomic E-state index is 0.281. The van der Waals surface area contributed by atoms with E-state index < -0.39 is 0 Å². The Bertz CT molecular complexity index is 487. The van der Waals surface area contributed by atoms with Gasteiger partial charge < -0.3 is 4.98 Å². The van der Waals surface area contributed by atoms with Gasteiger partial charge in [-0.05, 0) is 35.8 Å². The Balaban J connectivity index is 1.95. The van der Waals surface area contributed by atoms with Crippen LogP contribution in [0.5, 0.6) is 0 Å².